The van der Waals surface area contributed by atoms with Gasteiger partial charge in [-0.25, -0.2) is 22.6 Å². The highest BCUT2D eigenvalue weighted by Gasteiger charge is 2.21. The molecule has 1 aromatic carbocycles. The number of aromatic nitrogens is 3. The van der Waals surface area contributed by atoms with Gasteiger partial charge in [-0.05, 0) is 24.6 Å². The smallest absolute Gasteiger partial charge is 0.336 e. The van der Waals surface area contributed by atoms with Crippen LogP contribution in [0.15, 0.2) is 27.8 Å². The molecule has 0 atom stereocenters. The third kappa shape index (κ3) is 3.05. The van der Waals surface area contributed by atoms with Gasteiger partial charge in [-0.15, -0.1) is 0 Å². The first-order chi connectivity index (χ1) is 9.72. The molecule has 0 saturated heterocycles. The Bertz CT molecular complexity index is 816. The summed E-state index contributed by atoms with van der Waals surface area (Å²) in [6.45, 7) is 1.58. The van der Waals surface area contributed by atoms with Gasteiger partial charge in [0.1, 0.15) is 6.33 Å². The van der Waals surface area contributed by atoms with Crippen LogP contribution < -0.4 is 4.72 Å². The van der Waals surface area contributed by atoms with Crippen LogP contribution in [0, 0.1) is 6.92 Å². The zero-order chi connectivity index (χ0) is 15.8. The number of anilines is 1. The van der Waals surface area contributed by atoms with E-state index in [0.29, 0.717) is 10.0 Å². The van der Waals surface area contributed by atoms with E-state index in [2.05, 4.69) is 30.7 Å². The normalized spacial score (nSPS) is 11.4. The quantitative estimate of drug-likeness (QED) is 0.835. The van der Waals surface area contributed by atoms with Crippen LogP contribution in [0.25, 0.3) is 0 Å². The second-order valence-corrected chi connectivity index (χ2v) is 6.73. The molecule has 2 aromatic rings. The number of carboxylic acids is 1. The third-order valence-corrected chi connectivity index (χ3v) is 4.93. The molecule has 2 N–H and O–H groups in total. The van der Waals surface area contributed by atoms with Gasteiger partial charge in [0.2, 0.25) is 5.95 Å². The molecule has 0 amide bonds. The molecule has 0 aliphatic rings. The molecule has 0 spiro atoms. The van der Waals surface area contributed by atoms with E-state index in [9.17, 15) is 13.2 Å². The van der Waals surface area contributed by atoms with Crippen LogP contribution in [0.5, 0.6) is 0 Å². The topological polar surface area (TPSA) is 114 Å². The highest BCUT2D eigenvalue weighted by molar-refractivity contribution is 9.10. The van der Waals surface area contributed by atoms with Crippen molar-refractivity contribution in [2.45, 2.75) is 11.8 Å². The number of hydrogen-bond acceptors (Lipinski definition) is 5. The first-order valence-electron chi connectivity index (χ1n) is 5.62. The van der Waals surface area contributed by atoms with Crippen molar-refractivity contribution in [1.29, 1.82) is 0 Å². The molecule has 21 heavy (non-hydrogen) atoms. The van der Waals surface area contributed by atoms with Gasteiger partial charge in [-0.1, -0.05) is 15.9 Å². The van der Waals surface area contributed by atoms with E-state index in [0.717, 1.165) is 6.07 Å². The van der Waals surface area contributed by atoms with Crippen molar-refractivity contribution in [3.63, 3.8) is 0 Å². The minimum absolute atomic E-state index is 0.0311. The van der Waals surface area contributed by atoms with Gasteiger partial charge in [0.25, 0.3) is 10.0 Å². The molecule has 112 valence electrons. The van der Waals surface area contributed by atoms with Crippen molar-refractivity contribution in [3.8, 4) is 0 Å². The van der Waals surface area contributed by atoms with Crippen LogP contribution in [-0.4, -0.2) is 34.3 Å². The first kappa shape index (κ1) is 15.4. The zero-order valence-corrected chi connectivity index (χ0v) is 13.4. The Kier molecular flexibility index (Phi) is 4.01. The van der Waals surface area contributed by atoms with E-state index in [-0.39, 0.29) is 16.4 Å². The number of sulfonamides is 1. The van der Waals surface area contributed by atoms with E-state index >= 15 is 0 Å². The van der Waals surface area contributed by atoms with Crippen LogP contribution in [0.2, 0.25) is 0 Å². The minimum atomic E-state index is -3.97. The highest BCUT2D eigenvalue weighted by Crippen LogP contribution is 2.25. The van der Waals surface area contributed by atoms with Crippen molar-refractivity contribution in [1.82, 2.24) is 14.8 Å². The molecular formula is C11H11BrN4O4S. The fourth-order valence-corrected chi connectivity index (χ4v) is 3.30. The summed E-state index contributed by atoms with van der Waals surface area (Å²) in [6, 6.07) is 2.43. The van der Waals surface area contributed by atoms with E-state index < -0.39 is 16.0 Å². The maximum atomic E-state index is 12.3. The summed E-state index contributed by atoms with van der Waals surface area (Å²) < 4.78 is 28.5. The van der Waals surface area contributed by atoms with Crippen molar-refractivity contribution in [2.75, 3.05) is 4.72 Å². The largest absolute Gasteiger partial charge is 0.478 e. The molecule has 10 heteroatoms. The summed E-state index contributed by atoms with van der Waals surface area (Å²) in [7, 11) is -2.44. The second kappa shape index (κ2) is 5.45. The fourth-order valence-electron chi connectivity index (χ4n) is 1.60. The van der Waals surface area contributed by atoms with E-state index in [4.69, 9.17) is 5.11 Å². The number of benzene rings is 1. The Morgan fingerprint density at radius 1 is 1.43 bits per heavy atom. The average Bonchev–Trinajstić information content (AvgIpc) is 2.77. The van der Waals surface area contributed by atoms with E-state index in [1.54, 1.807) is 6.92 Å². The number of halogens is 1. The lowest BCUT2D eigenvalue weighted by molar-refractivity contribution is 0.0695. The maximum Gasteiger partial charge on any atom is 0.336 e. The summed E-state index contributed by atoms with van der Waals surface area (Å²) >= 11 is 3.16. The summed E-state index contributed by atoms with van der Waals surface area (Å²) in [5, 5.41) is 12.9. The Morgan fingerprint density at radius 2 is 2.10 bits per heavy atom. The standard InChI is InChI=1S/C11H11BrN4O4S/c1-6-8(10(17)18)3-7(4-9(6)12)21(19,20)15-11-13-5-14-16(11)2/h3-5H,1-2H3,(H,17,18)(H,13,14,15). The Morgan fingerprint density at radius 3 is 2.62 bits per heavy atom. The number of carbonyl (C=O) groups is 1. The average molecular weight is 375 g/mol. The fraction of sp³-hybridized carbons (Fsp3) is 0.182. The molecule has 2 rings (SSSR count). The van der Waals surface area contributed by atoms with Crippen LogP contribution in [0.3, 0.4) is 0 Å². The summed E-state index contributed by atoms with van der Waals surface area (Å²) in [5.74, 6) is -1.17. The van der Waals surface area contributed by atoms with Crippen molar-refractivity contribution >= 4 is 37.9 Å². The van der Waals surface area contributed by atoms with Crippen molar-refractivity contribution in [3.05, 3.63) is 34.1 Å². The number of nitrogens with one attached hydrogen (secondary N) is 1. The van der Waals surface area contributed by atoms with Gasteiger partial charge in [0.05, 0.1) is 10.5 Å². The lowest BCUT2D eigenvalue weighted by atomic mass is 10.1. The monoisotopic (exact) mass is 374 g/mol. The number of rotatable bonds is 4. The van der Waals surface area contributed by atoms with Crippen molar-refractivity contribution in [2.24, 2.45) is 7.05 Å². The highest BCUT2D eigenvalue weighted by atomic mass is 79.9. The first-order valence-corrected chi connectivity index (χ1v) is 7.90. The predicted molar refractivity (Wildman–Crippen MR) is 77.6 cm³/mol. The number of carboxylic acid groups (broad SMARTS) is 1. The SMILES string of the molecule is Cc1c(Br)cc(S(=O)(=O)Nc2ncnn2C)cc1C(=O)O. The van der Waals surface area contributed by atoms with Crippen molar-refractivity contribution < 1.29 is 18.3 Å². The number of aromatic carboxylic acids is 1. The van der Waals surface area contributed by atoms with Gasteiger partial charge in [-0.3, -0.25) is 0 Å². The van der Waals surface area contributed by atoms with Crippen LogP contribution >= 0.6 is 15.9 Å². The molecular weight excluding hydrogens is 364 g/mol. The van der Waals surface area contributed by atoms with Gasteiger partial charge in [-0.2, -0.15) is 10.1 Å². The van der Waals surface area contributed by atoms with Gasteiger partial charge >= 0.3 is 5.97 Å². The molecule has 0 bridgehead atoms. The number of hydrogen-bond donors (Lipinski definition) is 2. The van der Waals surface area contributed by atoms with Gasteiger partial charge in [0.15, 0.2) is 0 Å². The molecule has 8 nitrogen and oxygen atoms in total. The summed E-state index contributed by atoms with van der Waals surface area (Å²) in [4.78, 5) is 14.7. The molecule has 1 aromatic heterocycles. The summed E-state index contributed by atoms with van der Waals surface area (Å²) in [6.07, 6.45) is 1.20. The Balaban J connectivity index is 2.50. The zero-order valence-electron chi connectivity index (χ0n) is 11.0. The van der Waals surface area contributed by atoms with Crippen LogP contribution in [0.1, 0.15) is 15.9 Å². The Labute approximate surface area is 129 Å². The van der Waals surface area contributed by atoms with Gasteiger partial charge in [0, 0.05) is 11.5 Å². The maximum absolute atomic E-state index is 12.3. The van der Waals surface area contributed by atoms with Crippen LogP contribution in [-0.2, 0) is 17.1 Å². The molecule has 0 unspecified atom stereocenters. The molecule has 0 aliphatic carbocycles. The lowest BCUT2D eigenvalue weighted by Gasteiger charge is -2.10. The number of nitrogens with zero attached hydrogens (tertiary/aromatic N) is 3. The lowest BCUT2D eigenvalue weighted by Crippen LogP contribution is -2.17. The Hall–Kier alpha value is -1.94. The van der Waals surface area contributed by atoms with E-state index in [1.165, 1.54) is 24.1 Å². The van der Waals surface area contributed by atoms with E-state index in [1.807, 2.05) is 0 Å². The molecule has 0 fully saturated rings. The molecule has 0 radical (unpaired) electrons. The minimum Gasteiger partial charge on any atom is -0.478 e. The third-order valence-electron chi connectivity index (χ3n) is 2.80. The number of aryl methyl sites for hydroxylation is 1. The molecule has 0 aliphatic heterocycles. The second-order valence-electron chi connectivity index (χ2n) is 4.20. The summed E-state index contributed by atoms with van der Waals surface area (Å²) in [5.41, 5.74) is 0.350. The predicted octanol–water partition coefficient (Wildman–Crippen LogP) is 1.39. The molecule has 1 heterocycles. The molecule has 0 saturated carbocycles. The van der Waals surface area contributed by atoms with Crippen LogP contribution in [0.4, 0.5) is 5.95 Å². The van der Waals surface area contributed by atoms with Gasteiger partial charge < -0.3 is 5.11 Å².